The van der Waals surface area contributed by atoms with E-state index in [-0.39, 0.29) is 23.7 Å². The number of nitro benzene ring substituents is 1. The van der Waals surface area contributed by atoms with Gasteiger partial charge in [-0.2, -0.15) is 0 Å². The number of ether oxygens (including phenoxy) is 3. The number of nitro groups is 1. The van der Waals surface area contributed by atoms with Gasteiger partial charge in [0.25, 0.3) is 11.6 Å². The zero-order valence-corrected chi connectivity index (χ0v) is 15.6. The topological polar surface area (TPSA) is 117 Å². The first-order valence-corrected chi connectivity index (χ1v) is 8.12. The van der Waals surface area contributed by atoms with Crippen molar-refractivity contribution in [3.63, 3.8) is 0 Å². The maximum atomic E-state index is 12.2. The van der Waals surface area contributed by atoms with Crippen molar-refractivity contribution in [3.8, 4) is 11.5 Å². The fourth-order valence-corrected chi connectivity index (χ4v) is 2.00. The second-order valence-electron chi connectivity index (χ2n) is 6.07. The van der Waals surface area contributed by atoms with Crippen LogP contribution in [-0.2, 0) is 9.53 Å². The quantitative estimate of drug-likeness (QED) is 0.404. The Bertz CT molecular complexity index is 686. The van der Waals surface area contributed by atoms with Crippen LogP contribution in [0.5, 0.6) is 11.5 Å². The molecule has 9 heteroatoms. The number of rotatable bonds is 9. The first kappa shape index (κ1) is 21.2. The number of hydrogen-bond donors (Lipinski definition) is 1. The number of carbonyl (C=O) groups is 2. The maximum Gasteiger partial charge on any atom is 0.345 e. The van der Waals surface area contributed by atoms with E-state index in [9.17, 15) is 19.7 Å². The Morgan fingerprint density at radius 2 is 1.88 bits per heavy atom. The van der Waals surface area contributed by atoms with E-state index in [1.165, 1.54) is 13.2 Å². The molecule has 0 atom stereocenters. The molecule has 1 aromatic rings. The fourth-order valence-electron chi connectivity index (χ4n) is 2.00. The lowest BCUT2D eigenvalue weighted by molar-refractivity contribution is -0.385. The van der Waals surface area contributed by atoms with Gasteiger partial charge in [0.05, 0.1) is 24.7 Å². The number of nitrogens with zero attached hydrogens (tertiary/aromatic N) is 1. The van der Waals surface area contributed by atoms with E-state index in [2.05, 4.69) is 5.32 Å². The molecule has 1 rings (SSSR count). The van der Waals surface area contributed by atoms with Gasteiger partial charge < -0.3 is 19.5 Å². The largest absolute Gasteiger partial charge is 0.493 e. The van der Waals surface area contributed by atoms with Crippen molar-refractivity contribution in [2.24, 2.45) is 0 Å². The van der Waals surface area contributed by atoms with Crippen LogP contribution in [-0.4, -0.2) is 42.7 Å². The predicted octanol–water partition coefficient (Wildman–Crippen LogP) is 2.46. The van der Waals surface area contributed by atoms with Crippen molar-refractivity contribution in [2.75, 3.05) is 20.3 Å². The van der Waals surface area contributed by atoms with Gasteiger partial charge in [0, 0.05) is 11.6 Å². The van der Waals surface area contributed by atoms with Gasteiger partial charge in [-0.1, -0.05) is 6.92 Å². The second kappa shape index (κ2) is 9.02. The molecule has 0 radical (unpaired) electrons. The van der Waals surface area contributed by atoms with Gasteiger partial charge in [-0.25, -0.2) is 4.79 Å². The molecule has 1 amide bonds. The molecule has 144 valence electrons. The molecule has 1 aromatic carbocycles. The number of esters is 1. The zero-order chi connectivity index (χ0) is 19.9. The monoisotopic (exact) mass is 368 g/mol. The molecule has 1 N–H and O–H groups in total. The molecule has 0 aliphatic heterocycles. The zero-order valence-electron chi connectivity index (χ0n) is 15.6. The first-order valence-electron chi connectivity index (χ1n) is 8.12. The standard InChI is InChI=1S/C17H24N2O7/c1-6-17(3,4)18-15(20)10-26-16(21)11-8-13(24-5)14(25-7-2)9-12(11)19(22)23/h8-9H,6-7,10H2,1-5H3,(H,18,20). The van der Waals surface area contributed by atoms with E-state index in [4.69, 9.17) is 14.2 Å². The molecule has 0 aromatic heterocycles. The second-order valence-corrected chi connectivity index (χ2v) is 6.07. The minimum Gasteiger partial charge on any atom is -0.493 e. The molecule has 26 heavy (non-hydrogen) atoms. The van der Waals surface area contributed by atoms with Crippen molar-refractivity contribution in [1.82, 2.24) is 5.32 Å². The van der Waals surface area contributed by atoms with E-state index < -0.39 is 34.6 Å². The van der Waals surface area contributed by atoms with Crippen molar-refractivity contribution < 1.29 is 28.7 Å². The summed E-state index contributed by atoms with van der Waals surface area (Å²) in [5, 5.41) is 14.0. The minimum atomic E-state index is -0.998. The van der Waals surface area contributed by atoms with Gasteiger partial charge in [-0.15, -0.1) is 0 Å². The molecule has 0 unspecified atom stereocenters. The van der Waals surface area contributed by atoms with E-state index in [1.54, 1.807) is 6.92 Å². The molecule has 0 saturated carbocycles. The van der Waals surface area contributed by atoms with Crippen LogP contribution < -0.4 is 14.8 Å². The molecule has 0 heterocycles. The van der Waals surface area contributed by atoms with Crippen LogP contribution in [0, 0.1) is 10.1 Å². The molecule has 0 spiro atoms. The summed E-state index contributed by atoms with van der Waals surface area (Å²) in [6.45, 7) is 7.00. The normalized spacial score (nSPS) is 10.8. The van der Waals surface area contributed by atoms with Gasteiger partial charge in [-0.3, -0.25) is 14.9 Å². The summed E-state index contributed by atoms with van der Waals surface area (Å²) >= 11 is 0. The summed E-state index contributed by atoms with van der Waals surface area (Å²) in [5.41, 5.74) is -1.26. The molecule has 0 saturated heterocycles. The third-order valence-corrected chi connectivity index (χ3v) is 3.69. The lowest BCUT2D eigenvalue weighted by atomic mass is 10.0. The van der Waals surface area contributed by atoms with Gasteiger partial charge >= 0.3 is 5.97 Å². The highest BCUT2D eigenvalue weighted by Gasteiger charge is 2.27. The third kappa shape index (κ3) is 5.61. The van der Waals surface area contributed by atoms with Gasteiger partial charge in [0.15, 0.2) is 18.1 Å². The predicted molar refractivity (Wildman–Crippen MR) is 93.6 cm³/mol. The average Bonchev–Trinajstić information content (AvgIpc) is 2.59. The van der Waals surface area contributed by atoms with Crippen LogP contribution >= 0.6 is 0 Å². The minimum absolute atomic E-state index is 0.140. The van der Waals surface area contributed by atoms with Crippen LogP contribution in [0.1, 0.15) is 44.5 Å². The lowest BCUT2D eigenvalue weighted by Crippen LogP contribution is -2.44. The summed E-state index contributed by atoms with van der Waals surface area (Å²) in [6.07, 6.45) is 0.689. The van der Waals surface area contributed by atoms with Crippen LogP contribution in [0.3, 0.4) is 0 Å². The lowest BCUT2D eigenvalue weighted by Gasteiger charge is -2.24. The summed E-state index contributed by atoms with van der Waals surface area (Å²) < 4.78 is 15.3. The summed E-state index contributed by atoms with van der Waals surface area (Å²) in [6, 6.07) is 2.26. The van der Waals surface area contributed by atoms with E-state index in [0.717, 1.165) is 6.07 Å². The Kier molecular flexibility index (Phi) is 7.36. The molecule has 0 aliphatic carbocycles. The molecule has 0 aliphatic rings. The van der Waals surface area contributed by atoms with E-state index in [1.807, 2.05) is 20.8 Å². The summed E-state index contributed by atoms with van der Waals surface area (Å²) in [7, 11) is 1.35. The van der Waals surface area contributed by atoms with Crippen molar-refractivity contribution in [1.29, 1.82) is 0 Å². The number of carbonyl (C=O) groups excluding carboxylic acids is 2. The van der Waals surface area contributed by atoms with Crippen LogP contribution in [0.15, 0.2) is 12.1 Å². The Hall–Kier alpha value is -2.84. The highest BCUT2D eigenvalue weighted by Crippen LogP contribution is 2.35. The van der Waals surface area contributed by atoms with Crippen molar-refractivity contribution in [2.45, 2.75) is 39.7 Å². The number of hydrogen-bond acceptors (Lipinski definition) is 7. The van der Waals surface area contributed by atoms with E-state index in [0.29, 0.717) is 6.42 Å². The molecular formula is C17H24N2O7. The Morgan fingerprint density at radius 3 is 2.38 bits per heavy atom. The number of benzene rings is 1. The highest BCUT2D eigenvalue weighted by molar-refractivity contribution is 5.96. The van der Waals surface area contributed by atoms with Crippen LogP contribution in [0.2, 0.25) is 0 Å². The Labute approximate surface area is 151 Å². The molecule has 9 nitrogen and oxygen atoms in total. The van der Waals surface area contributed by atoms with Crippen molar-refractivity contribution >= 4 is 17.6 Å². The maximum absolute atomic E-state index is 12.2. The van der Waals surface area contributed by atoms with Gasteiger partial charge in [0.1, 0.15) is 5.56 Å². The Balaban J connectivity index is 3.00. The SMILES string of the molecule is CCOc1cc([N+](=O)[O-])c(C(=O)OCC(=O)NC(C)(C)CC)cc1OC. The third-order valence-electron chi connectivity index (χ3n) is 3.69. The Morgan fingerprint density at radius 1 is 1.23 bits per heavy atom. The number of nitrogens with one attached hydrogen (secondary N) is 1. The fraction of sp³-hybridized carbons (Fsp3) is 0.529. The molecule has 0 fully saturated rings. The van der Waals surface area contributed by atoms with Gasteiger partial charge in [-0.05, 0) is 27.2 Å². The highest BCUT2D eigenvalue weighted by atomic mass is 16.6. The van der Waals surface area contributed by atoms with Crippen LogP contribution in [0.25, 0.3) is 0 Å². The molecule has 0 bridgehead atoms. The van der Waals surface area contributed by atoms with Crippen molar-refractivity contribution in [3.05, 3.63) is 27.8 Å². The van der Waals surface area contributed by atoms with Crippen LogP contribution in [0.4, 0.5) is 5.69 Å². The number of methoxy groups -OCH3 is 1. The number of amides is 1. The van der Waals surface area contributed by atoms with Gasteiger partial charge in [0.2, 0.25) is 0 Å². The molecular weight excluding hydrogens is 344 g/mol. The summed E-state index contributed by atoms with van der Waals surface area (Å²) in [5.74, 6) is -1.20. The smallest absolute Gasteiger partial charge is 0.345 e. The van der Waals surface area contributed by atoms with E-state index >= 15 is 0 Å². The first-order chi connectivity index (χ1) is 12.1. The summed E-state index contributed by atoms with van der Waals surface area (Å²) in [4.78, 5) is 34.7. The average molecular weight is 368 g/mol.